The van der Waals surface area contributed by atoms with Crippen molar-refractivity contribution in [1.82, 2.24) is 14.1 Å². The molecule has 0 unspecified atom stereocenters. The Kier molecular flexibility index (Phi) is 7.88. The lowest BCUT2D eigenvalue weighted by molar-refractivity contribution is 1.02. The lowest BCUT2D eigenvalue weighted by atomic mass is 9.98. The third-order valence-corrected chi connectivity index (χ3v) is 10.3. The van der Waals surface area contributed by atoms with Crippen LogP contribution in [0.15, 0.2) is 177 Å². The van der Waals surface area contributed by atoms with Crippen LogP contribution in [0.3, 0.4) is 0 Å². The molecule has 9 aromatic rings. The molecule has 0 radical (unpaired) electrons. The number of hydrogen-bond acceptors (Lipinski definition) is 2. The molecule has 0 spiro atoms. The maximum atomic E-state index is 10.7. The van der Waals surface area contributed by atoms with Crippen LogP contribution in [0.2, 0.25) is 0 Å². The van der Waals surface area contributed by atoms with Gasteiger partial charge in [-0.1, -0.05) is 116 Å². The monoisotopic (exact) mass is 678 g/mol. The number of rotatable bonds is 7. The maximum absolute atomic E-state index is 10.7. The number of fused-ring (bicyclic) bond motifs is 4. The molecule has 3 heterocycles. The van der Waals surface area contributed by atoms with Crippen molar-refractivity contribution in [3.05, 3.63) is 199 Å². The van der Waals surface area contributed by atoms with Gasteiger partial charge in [0.05, 0.1) is 39.6 Å². The first-order valence-electron chi connectivity index (χ1n) is 17.7. The SMILES string of the molecule is C=C/C(=C\c1c(C)n(-c2cc(C#N)c(-c3ccncc3)cc2-n2c3ccccc3c3cc(-c4ccccc4)ccc32)c2ccccc12)c1ccccc1. The fourth-order valence-electron chi connectivity index (χ4n) is 7.77. The second kappa shape index (κ2) is 13.2. The van der Waals surface area contributed by atoms with Crippen molar-refractivity contribution < 1.29 is 0 Å². The molecule has 0 bridgehead atoms. The zero-order valence-electron chi connectivity index (χ0n) is 29.2. The van der Waals surface area contributed by atoms with Crippen molar-refractivity contribution in [3.63, 3.8) is 0 Å². The summed E-state index contributed by atoms with van der Waals surface area (Å²) in [6.07, 6.45) is 7.72. The highest BCUT2D eigenvalue weighted by Crippen LogP contribution is 2.41. The van der Waals surface area contributed by atoms with Crippen LogP contribution < -0.4 is 0 Å². The zero-order valence-corrected chi connectivity index (χ0v) is 29.2. The Hall–Kier alpha value is -7.22. The molecule has 0 aliphatic rings. The van der Waals surface area contributed by atoms with Crippen LogP contribution in [-0.2, 0) is 0 Å². The summed E-state index contributed by atoms with van der Waals surface area (Å²) in [7, 11) is 0. The lowest BCUT2D eigenvalue weighted by Gasteiger charge is -2.20. The third kappa shape index (κ3) is 5.35. The zero-order chi connectivity index (χ0) is 35.9. The first-order chi connectivity index (χ1) is 26.1. The summed E-state index contributed by atoms with van der Waals surface area (Å²) in [5, 5.41) is 14.2. The molecular formula is C49H34N4. The van der Waals surface area contributed by atoms with E-state index in [9.17, 15) is 5.26 Å². The largest absolute Gasteiger partial charge is 0.311 e. The van der Waals surface area contributed by atoms with Gasteiger partial charge in [-0.25, -0.2) is 0 Å². The van der Waals surface area contributed by atoms with Crippen LogP contribution in [0.4, 0.5) is 0 Å². The average molecular weight is 679 g/mol. The molecule has 4 heteroatoms. The topological polar surface area (TPSA) is 46.5 Å². The van der Waals surface area contributed by atoms with Crippen molar-refractivity contribution in [1.29, 1.82) is 5.26 Å². The number of hydrogen-bond donors (Lipinski definition) is 0. The van der Waals surface area contributed by atoms with E-state index < -0.39 is 0 Å². The number of benzene rings is 6. The van der Waals surface area contributed by atoms with Crippen LogP contribution in [0, 0.1) is 18.3 Å². The second-order valence-electron chi connectivity index (χ2n) is 13.2. The van der Waals surface area contributed by atoms with Crippen molar-refractivity contribution in [2.45, 2.75) is 6.92 Å². The van der Waals surface area contributed by atoms with E-state index in [1.807, 2.05) is 24.3 Å². The molecule has 250 valence electrons. The number of allylic oxidation sites excluding steroid dienone is 2. The predicted octanol–water partition coefficient (Wildman–Crippen LogP) is 12.4. The first kappa shape index (κ1) is 31.7. The fraction of sp³-hybridized carbons (Fsp3) is 0.0204. The van der Waals surface area contributed by atoms with Gasteiger partial charge in [-0.2, -0.15) is 5.26 Å². The number of nitriles is 1. The van der Waals surface area contributed by atoms with E-state index in [0.29, 0.717) is 5.56 Å². The van der Waals surface area contributed by atoms with E-state index in [1.54, 1.807) is 12.4 Å². The van der Waals surface area contributed by atoms with Gasteiger partial charge < -0.3 is 9.13 Å². The normalized spacial score (nSPS) is 11.7. The van der Waals surface area contributed by atoms with Crippen LogP contribution in [-0.4, -0.2) is 14.1 Å². The van der Waals surface area contributed by atoms with Crippen LogP contribution in [0.5, 0.6) is 0 Å². The number of pyridine rings is 1. The molecule has 0 saturated heterocycles. The van der Waals surface area contributed by atoms with Crippen molar-refractivity contribution in [2.75, 3.05) is 0 Å². The van der Waals surface area contributed by atoms with E-state index in [1.165, 1.54) is 16.5 Å². The summed E-state index contributed by atoms with van der Waals surface area (Å²) in [4.78, 5) is 4.28. The fourth-order valence-corrected chi connectivity index (χ4v) is 7.77. The molecule has 6 aromatic carbocycles. The van der Waals surface area contributed by atoms with E-state index >= 15 is 0 Å². The average Bonchev–Trinajstić information content (AvgIpc) is 3.70. The highest BCUT2D eigenvalue weighted by atomic mass is 15.1. The van der Waals surface area contributed by atoms with E-state index in [0.717, 1.165) is 72.2 Å². The predicted molar refractivity (Wildman–Crippen MR) is 220 cm³/mol. The van der Waals surface area contributed by atoms with Crippen LogP contribution in [0.1, 0.15) is 22.4 Å². The second-order valence-corrected chi connectivity index (χ2v) is 13.2. The van der Waals surface area contributed by atoms with Gasteiger partial charge in [-0.05, 0) is 89.4 Å². The minimum Gasteiger partial charge on any atom is -0.311 e. The Morgan fingerprint density at radius 3 is 1.94 bits per heavy atom. The van der Waals surface area contributed by atoms with E-state index in [-0.39, 0.29) is 0 Å². The highest BCUT2D eigenvalue weighted by molar-refractivity contribution is 6.11. The molecule has 0 N–H and O–H groups in total. The Balaban J connectivity index is 1.39. The summed E-state index contributed by atoms with van der Waals surface area (Å²) in [5.41, 5.74) is 14.2. The molecule has 3 aromatic heterocycles. The molecular weight excluding hydrogens is 645 g/mol. The Morgan fingerprint density at radius 2 is 1.23 bits per heavy atom. The molecule has 4 nitrogen and oxygen atoms in total. The van der Waals surface area contributed by atoms with Gasteiger partial charge >= 0.3 is 0 Å². The first-order valence-corrected chi connectivity index (χ1v) is 17.7. The summed E-state index contributed by atoms with van der Waals surface area (Å²) < 4.78 is 4.68. The quantitative estimate of drug-likeness (QED) is 0.158. The lowest BCUT2D eigenvalue weighted by Crippen LogP contribution is -2.06. The number of nitrogens with zero attached hydrogens (tertiary/aromatic N) is 4. The summed E-state index contributed by atoms with van der Waals surface area (Å²) >= 11 is 0. The van der Waals surface area contributed by atoms with Crippen molar-refractivity contribution >= 4 is 44.4 Å². The van der Waals surface area contributed by atoms with Gasteiger partial charge in [0.1, 0.15) is 0 Å². The van der Waals surface area contributed by atoms with E-state index in [4.69, 9.17) is 0 Å². The molecule has 53 heavy (non-hydrogen) atoms. The van der Waals surface area contributed by atoms with E-state index in [2.05, 4.69) is 173 Å². The summed E-state index contributed by atoms with van der Waals surface area (Å²) in [5.74, 6) is 0. The third-order valence-electron chi connectivity index (χ3n) is 10.3. The minimum atomic E-state index is 0.590. The Morgan fingerprint density at radius 1 is 0.604 bits per heavy atom. The molecule has 0 atom stereocenters. The van der Waals surface area contributed by atoms with Gasteiger partial charge in [-0.3, -0.25) is 4.98 Å². The molecule has 0 saturated carbocycles. The van der Waals surface area contributed by atoms with Crippen molar-refractivity contribution in [2.24, 2.45) is 0 Å². The number of aromatic nitrogens is 3. The van der Waals surface area contributed by atoms with Gasteiger partial charge in [0.2, 0.25) is 0 Å². The van der Waals surface area contributed by atoms with Gasteiger partial charge in [-0.15, -0.1) is 0 Å². The Bertz CT molecular complexity index is 2900. The molecule has 9 rings (SSSR count). The van der Waals surface area contributed by atoms with Crippen molar-refractivity contribution in [3.8, 4) is 39.7 Å². The van der Waals surface area contributed by atoms with Gasteiger partial charge in [0.25, 0.3) is 0 Å². The number of para-hydroxylation sites is 2. The van der Waals surface area contributed by atoms with Crippen LogP contribution in [0.25, 0.3) is 78.0 Å². The summed E-state index contributed by atoms with van der Waals surface area (Å²) in [6, 6.07) is 55.5. The van der Waals surface area contributed by atoms with Crippen LogP contribution >= 0.6 is 0 Å². The molecule has 0 amide bonds. The standard InChI is InChI=1S/C49H34N4/c1-3-34(35-14-6-4-7-15-35)28-42-33(2)52(45-20-12-10-18-40(42)45)48-30-39(32-50)43(37-24-26-51-27-25-37)31-49(48)53-46-21-13-11-19-41(46)44-29-38(22-23-47(44)53)36-16-8-5-9-17-36/h3-31H,1H2,2H3/b34-28+. The minimum absolute atomic E-state index is 0.590. The summed E-state index contributed by atoms with van der Waals surface area (Å²) in [6.45, 7) is 6.35. The smallest absolute Gasteiger partial charge is 0.0998 e. The molecule has 0 aliphatic heterocycles. The van der Waals surface area contributed by atoms with Gasteiger partial charge in [0.15, 0.2) is 0 Å². The van der Waals surface area contributed by atoms with Gasteiger partial charge in [0, 0.05) is 45.4 Å². The Labute approximate surface area is 308 Å². The maximum Gasteiger partial charge on any atom is 0.0998 e. The molecule has 0 aliphatic carbocycles. The highest BCUT2D eigenvalue weighted by Gasteiger charge is 2.23. The molecule has 0 fully saturated rings.